The van der Waals surface area contributed by atoms with Gasteiger partial charge in [0, 0.05) is 72.0 Å². The third-order valence-corrected chi connectivity index (χ3v) is 17.7. The number of benzene rings is 4. The highest BCUT2D eigenvalue weighted by molar-refractivity contribution is 7.87. The summed E-state index contributed by atoms with van der Waals surface area (Å²) in [7, 11) is -23.1. The third-order valence-electron chi connectivity index (χ3n) is 13.4. The summed E-state index contributed by atoms with van der Waals surface area (Å²) in [5, 5.41) is 9.35. The van der Waals surface area contributed by atoms with Crippen LogP contribution < -0.4 is 4.90 Å². The van der Waals surface area contributed by atoms with Gasteiger partial charge in [0.25, 0.3) is 50.6 Å². The molecule has 408 valence electrons. The zero-order valence-corrected chi connectivity index (χ0v) is 45.4. The Kier molecular flexibility index (Phi) is 17.9. The van der Waals surface area contributed by atoms with E-state index in [0.717, 1.165) is 12.1 Å². The van der Waals surface area contributed by atoms with Crippen molar-refractivity contribution >= 4 is 95.2 Å². The lowest BCUT2D eigenvalue weighted by Gasteiger charge is -2.31. The van der Waals surface area contributed by atoms with Gasteiger partial charge in [-0.25, -0.2) is 0 Å². The molecular formula is C49H59N2O19S5+. The van der Waals surface area contributed by atoms with Gasteiger partial charge in [0.05, 0.1) is 34.2 Å². The lowest BCUT2D eigenvalue weighted by atomic mass is 9.74. The van der Waals surface area contributed by atoms with Gasteiger partial charge in [-0.15, -0.1) is 0 Å². The first-order valence-electron chi connectivity index (χ1n) is 23.4. The number of allylic oxidation sites excluding steroid dienone is 8. The number of carbonyl (C=O) groups is 1. The average molecular weight is 1140 g/mol. The first-order chi connectivity index (χ1) is 34.9. The number of carboxylic acid groups (broad SMARTS) is 1. The molecule has 2 heterocycles. The first-order valence-corrected chi connectivity index (χ1v) is 30.8. The fraction of sp³-hybridized carbons (Fsp3) is 0.388. The molecule has 0 aliphatic carbocycles. The zero-order chi connectivity index (χ0) is 55.5. The summed E-state index contributed by atoms with van der Waals surface area (Å²) in [5.41, 5.74) is 0.845. The molecule has 6 N–H and O–H groups in total. The third kappa shape index (κ3) is 13.1. The normalized spacial score (nSPS) is 19.3. The van der Waals surface area contributed by atoms with Crippen molar-refractivity contribution in [1.82, 2.24) is 0 Å². The fourth-order valence-corrected chi connectivity index (χ4v) is 13.3. The van der Waals surface area contributed by atoms with Crippen molar-refractivity contribution in [2.75, 3.05) is 50.7 Å². The van der Waals surface area contributed by atoms with Gasteiger partial charge in [0.15, 0.2) is 5.71 Å². The second-order valence-corrected chi connectivity index (χ2v) is 25.6. The lowest BCUT2D eigenvalue weighted by molar-refractivity contribution is -0.433. The fourth-order valence-electron chi connectivity index (χ4n) is 10.1. The van der Waals surface area contributed by atoms with Crippen LogP contribution >= 0.6 is 0 Å². The number of anilines is 1. The maximum atomic E-state index is 12.8. The molecule has 0 fully saturated rings. The van der Waals surface area contributed by atoms with Crippen molar-refractivity contribution < 1.29 is 88.8 Å². The molecule has 2 atom stereocenters. The van der Waals surface area contributed by atoms with Crippen molar-refractivity contribution in [2.24, 2.45) is 0 Å². The van der Waals surface area contributed by atoms with Crippen LogP contribution in [0.15, 0.2) is 116 Å². The summed E-state index contributed by atoms with van der Waals surface area (Å²) < 4.78 is 188. The van der Waals surface area contributed by atoms with E-state index in [1.54, 1.807) is 55.5 Å². The molecule has 0 bridgehead atoms. The molecule has 2 unspecified atom stereocenters. The number of nitrogens with zero attached hydrogens (tertiary/aromatic N) is 2. The van der Waals surface area contributed by atoms with Crippen LogP contribution in [0.1, 0.15) is 76.8 Å². The van der Waals surface area contributed by atoms with E-state index < -0.39 is 92.7 Å². The van der Waals surface area contributed by atoms with Gasteiger partial charge in [0.2, 0.25) is 5.69 Å². The van der Waals surface area contributed by atoms with Crippen molar-refractivity contribution in [1.29, 1.82) is 0 Å². The predicted octanol–water partition coefficient (Wildman–Crippen LogP) is 7.05. The molecule has 0 saturated carbocycles. The van der Waals surface area contributed by atoms with Crippen LogP contribution in [0.5, 0.6) is 0 Å². The molecule has 0 aromatic heterocycles. The van der Waals surface area contributed by atoms with E-state index in [2.05, 4.69) is 0 Å². The quantitative estimate of drug-likeness (QED) is 0.0167. The minimum Gasteiger partial charge on any atom is -0.481 e. The Hall–Kier alpha value is -5.23. The Balaban J connectivity index is 1.46. The Bertz CT molecular complexity index is 3660. The largest absolute Gasteiger partial charge is 0.481 e. The summed E-state index contributed by atoms with van der Waals surface area (Å²) in [5.74, 6) is -1.59. The highest BCUT2D eigenvalue weighted by Gasteiger charge is 2.49. The summed E-state index contributed by atoms with van der Waals surface area (Å²) in [4.78, 5) is 10.2. The van der Waals surface area contributed by atoms with Crippen molar-refractivity contribution in [3.8, 4) is 0 Å². The van der Waals surface area contributed by atoms with Crippen LogP contribution in [0.25, 0.3) is 21.5 Å². The highest BCUT2D eigenvalue weighted by atomic mass is 32.2. The van der Waals surface area contributed by atoms with Gasteiger partial charge in [-0.2, -0.15) is 46.7 Å². The minimum atomic E-state index is -5.06. The highest BCUT2D eigenvalue weighted by Crippen LogP contribution is 2.54. The van der Waals surface area contributed by atoms with Crippen molar-refractivity contribution in [2.45, 2.75) is 96.1 Å². The molecule has 0 radical (unpaired) electrons. The number of hydrogen-bond donors (Lipinski definition) is 6. The molecule has 0 spiro atoms. The van der Waals surface area contributed by atoms with E-state index in [9.17, 15) is 74.8 Å². The number of ether oxygens (including phenoxy) is 2. The summed E-state index contributed by atoms with van der Waals surface area (Å²) in [6, 6.07) is 9.60. The molecule has 6 rings (SSSR count). The SMILES string of the molecule is CC[N+]1=C(/C=C/C=C/C=C/C=C2/N(CCCCCC(=O)O)c3ccc4c(S(=O)(=O)O)cc(S(=O)(=O)O)cc4c3C2(C)CCOCCOC)C(C)(CCCS(=O)(=O)O)c2c1ccc1c(S(=O)(=O)O)cc(S(=O)(=O)O)cc21. The number of carboxylic acids is 1. The van der Waals surface area contributed by atoms with Crippen LogP contribution in [-0.2, 0) is 75.7 Å². The number of unbranched alkanes of at least 4 members (excludes halogenated alkanes) is 2. The smallest absolute Gasteiger partial charge is 0.303 e. The number of rotatable bonds is 25. The van der Waals surface area contributed by atoms with Gasteiger partial charge in [0.1, 0.15) is 16.3 Å². The molecule has 2 aliphatic heterocycles. The van der Waals surface area contributed by atoms with E-state index in [0.29, 0.717) is 78.4 Å². The number of hydrogen-bond acceptors (Lipinski definition) is 14. The van der Waals surface area contributed by atoms with Crippen molar-refractivity contribution in [3.05, 3.63) is 108 Å². The Morgan fingerprint density at radius 1 is 0.640 bits per heavy atom. The maximum absolute atomic E-state index is 12.8. The van der Waals surface area contributed by atoms with E-state index >= 15 is 0 Å². The Morgan fingerprint density at radius 2 is 1.21 bits per heavy atom. The molecule has 4 aromatic rings. The number of methoxy groups -OCH3 is 1. The van der Waals surface area contributed by atoms with Crippen LogP contribution in [-0.4, -0.2) is 132 Å². The molecule has 4 aromatic carbocycles. The Morgan fingerprint density at radius 3 is 1.76 bits per heavy atom. The molecule has 2 aliphatic rings. The maximum Gasteiger partial charge on any atom is 0.303 e. The summed E-state index contributed by atoms with van der Waals surface area (Å²) in [6.07, 6.45) is 13.5. The van der Waals surface area contributed by atoms with E-state index in [-0.39, 0.29) is 67.0 Å². The van der Waals surface area contributed by atoms with Gasteiger partial charge in [-0.05, 0) is 112 Å². The number of fused-ring (bicyclic) bond motifs is 6. The predicted molar refractivity (Wildman–Crippen MR) is 279 cm³/mol. The van der Waals surface area contributed by atoms with Gasteiger partial charge >= 0.3 is 5.97 Å². The number of aliphatic carboxylic acids is 1. The van der Waals surface area contributed by atoms with Crippen molar-refractivity contribution in [3.63, 3.8) is 0 Å². The summed E-state index contributed by atoms with van der Waals surface area (Å²) in [6.45, 7) is 6.71. The lowest BCUT2D eigenvalue weighted by Crippen LogP contribution is -2.32. The molecular weight excluding hydrogens is 1080 g/mol. The van der Waals surface area contributed by atoms with E-state index in [4.69, 9.17) is 9.47 Å². The molecule has 21 nitrogen and oxygen atoms in total. The second-order valence-electron chi connectivity index (χ2n) is 18.4. The van der Waals surface area contributed by atoms with Gasteiger partial charge in [-0.3, -0.25) is 27.6 Å². The van der Waals surface area contributed by atoms with E-state index in [1.807, 2.05) is 29.4 Å². The second kappa shape index (κ2) is 22.8. The monoisotopic (exact) mass is 1140 g/mol. The van der Waals surface area contributed by atoms with Crippen LogP contribution in [0.4, 0.5) is 11.4 Å². The van der Waals surface area contributed by atoms with Crippen LogP contribution in [0.2, 0.25) is 0 Å². The molecule has 0 saturated heterocycles. The molecule has 0 amide bonds. The van der Waals surface area contributed by atoms with Gasteiger partial charge in [-0.1, -0.05) is 42.9 Å². The molecule has 75 heavy (non-hydrogen) atoms. The zero-order valence-electron chi connectivity index (χ0n) is 41.3. The minimum absolute atomic E-state index is 0.0126. The first kappa shape index (κ1) is 59.0. The topological polar surface area (TPSA) is 334 Å². The molecule has 26 heteroatoms. The summed E-state index contributed by atoms with van der Waals surface area (Å²) >= 11 is 0. The average Bonchev–Trinajstić information content (AvgIpc) is 3.68. The van der Waals surface area contributed by atoms with Crippen LogP contribution in [0, 0.1) is 0 Å². The van der Waals surface area contributed by atoms with Crippen LogP contribution in [0.3, 0.4) is 0 Å². The standard InChI is InChI=1S/C49H58N2O19S5/c1-5-50-39-20-18-35-37(29-33(72(57,58)59)31-41(35)74(63,64)65)46(39)48(2,22-14-28-71(54,55)56)43(50)15-10-7-6-8-11-16-44-49(3,23-25-70-27-26-69-4)47-38-30-34(73(60,61)62)32-42(75(66,67)68)36(38)19-21-40(47)51(44)24-13-9-12-17-45(52)53/h6-8,10-11,15-16,18-21,29-32H,5,9,12-14,17,22-28H2,1-4H3,(H5-,52,53,54,55,56,57,58,59,60,61,62,63,64,65,66,67,68)/p+1. The van der Waals surface area contributed by atoms with E-state index in [1.165, 1.54) is 19.2 Å². The Labute approximate surface area is 436 Å². The van der Waals surface area contributed by atoms with Gasteiger partial charge < -0.3 is 19.5 Å².